The first-order valence-corrected chi connectivity index (χ1v) is 13.1. The number of Topliss-reactive ketones (excluding diaryl/α,β-unsaturated/α-hetero) is 1. The molecular weight excluding hydrogens is 453 g/mol. The van der Waals surface area contributed by atoms with E-state index < -0.39 is 10.0 Å². The second kappa shape index (κ2) is 8.29. The maximum atomic E-state index is 13.7. The van der Waals surface area contributed by atoms with Gasteiger partial charge in [-0.05, 0) is 60.6 Å². The van der Waals surface area contributed by atoms with Gasteiger partial charge in [-0.3, -0.25) is 9.69 Å². The van der Waals surface area contributed by atoms with Gasteiger partial charge in [0.1, 0.15) is 5.82 Å². The summed E-state index contributed by atoms with van der Waals surface area (Å²) in [6.07, 6.45) is 1.97. The lowest BCUT2D eigenvalue weighted by molar-refractivity contribution is 0.0913. The van der Waals surface area contributed by atoms with E-state index in [4.69, 9.17) is 0 Å². The predicted molar refractivity (Wildman–Crippen MR) is 130 cm³/mol. The number of H-pyrrole nitrogens is 1. The predicted octanol–water partition coefficient (Wildman–Crippen LogP) is 4.62. The van der Waals surface area contributed by atoms with Crippen molar-refractivity contribution >= 4 is 26.7 Å². The number of sulfonamides is 1. The molecule has 1 saturated heterocycles. The van der Waals surface area contributed by atoms with Crippen molar-refractivity contribution in [1.82, 2.24) is 14.2 Å². The Balaban J connectivity index is 1.44. The highest BCUT2D eigenvalue weighted by Gasteiger charge is 2.35. The second-order valence-electron chi connectivity index (χ2n) is 10.4. The molecule has 8 heteroatoms. The zero-order valence-corrected chi connectivity index (χ0v) is 20.6. The largest absolute Gasteiger partial charge is 0.358 e. The maximum Gasteiger partial charge on any atom is 0.244 e. The van der Waals surface area contributed by atoms with E-state index >= 15 is 0 Å². The third-order valence-corrected chi connectivity index (χ3v) is 8.90. The average Bonchev–Trinajstić information content (AvgIpc) is 3.11. The quantitative estimate of drug-likeness (QED) is 0.588. The minimum Gasteiger partial charge on any atom is -0.358 e. The Morgan fingerprint density at radius 2 is 1.82 bits per heavy atom. The van der Waals surface area contributed by atoms with Gasteiger partial charge in [0, 0.05) is 48.2 Å². The number of benzene rings is 2. The number of hydrogen-bond acceptors (Lipinski definition) is 4. The molecule has 34 heavy (non-hydrogen) atoms. The molecule has 0 radical (unpaired) electrons. The molecule has 1 fully saturated rings. The molecule has 0 unspecified atom stereocenters. The molecule has 0 bridgehead atoms. The van der Waals surface area contributed by atoms with Gasteiger partial charge in [-0.15, -0.1) is 0 Å². The van der Waals surface area contributed by atoms with E-state index in [9.17, 15) is 17.6 Å². The molecule has 2 aliphatic rings. The summed E-state index contributed by atoms with van der Waals surface area (Å²) in [5, 5.41) is 0.809. The van der Waals surface area contributed by atoms with E-state index in [0.717, 1.165) is 36.0 Å². The molecule has 0 spiro atoms. The number of fused-ring (bicyclic) bond motifs is 3. The van der Waals surface area contributed by atoms with Crippen molar-refractivity contribution in [3.63, 3.8) is 0 Å². The fourth-order valence-electron chi connectivity index (χ4n) is 5.33. The fraction of sp³-hybridized carbons (Fsp3) is 0.423. The molecule has 180 valence electrons. The van der Waals surface area contributed by atoms with Gasteiger partial charge in [0.25, 0.3) is 0 Å². The highest BCUT2D eigenvalue weighted by molar-refractivity contribution is 7.89. The Labute approximate surface area is 199 Å². The first-order chi connectivity index (χ1) is 16.0. The number of aromatic nitrogens is 1. The molecule has 6 nitrogen and oxygen atoms in total. The summed E-state index contributed by atoms with van der Waals surface area (Å²) in [6, 6.07) is 9.85. The van der Waals surface area contributed by atoms with E-state index in [1.165, 1.54) is 16.4 Å². The van der Waals surface area contributed by atoms with Crippen molar-refractivity contribution in [3.8, 4) is 0 Å². The van der Waals surface area contributed by atoms with Crippen molar-refractivity contribution < 1.29 is 17.6 Å². The Bertz CT molecular complexity index is 1380. The average molecular weight is 484 g/mol. The molecule has 5 rings (SSSR count). The van der Waals surface area contributed by atoms with Crippen LogP contribution in [0.15, 0.2) is 41.3 Å². The maximum absolute atomic E-state index is 13.7. The normalized spacial score (nSPS) is 19.5. The van der Waals surface area contributed by atoms with Crippen LogP contribution in [-0.4, -0.2) is 48.1 Å². The number of aromatic amines is 1. The highest BCUT2D eigenvalue weighted by Crippen LogP contribution is 2.39. The topological polar surface area (TPSA) is 73.5 Å². The van der Waals surface area contributed by atoms with Crippen molar-refractivity contribution in [2.45, 2.75) is 51.5 Å². The van der Waals surface area contributed by atoms with Crippen LogP contribution in [-0.2, 0) is 23.0 Å². The van der Waals surface area contributed by atoms with Crippen LogP contribution in [0, 0.1) is 18.2 Å². The Morgan fingerprint density at radius 1 is 1.09 bits per heavy atom. The summed E-state index contributed by atoms with van der Waals surface area (Å²) in [5.74, 6) is -0.173. The first kappa shape index (κ1) is 23.2. The minimum atomic E-state index is -3.73. The van der Waals surface area contributed by atoms with E-state index in [1.807, 2.05) is 6.07 Å². The summed E-state index contributed by atoms with van der Waals surface area (Å²) in [4.78, 5) is 18.5. The van der Waals surface area contributed by atoms with Gasteiger partial charge in [-0.1, -0.05) is 26.0 Å². The van der Waals surface area contributed by atoms with Crippen LogP contribution >= 0.6 is 0 Å². The van der Waals surface area contributed by atoms with Gasteiger partial charge in [0.05, 0.1) is 11.6 Å². The number of halogens is 1. The molecule has 1 aliphatic carbocycles. The van der Waals surface area contributed by atoms with Crippen molar-refractivity contribution in [3.05, 3.63) is 64.6 Å². The lowest BCUT2D eigenvalue weighted by Gasteiger charge is -2.35. The number of rotatable bonds is 4. The lowest BCUT2D eigenvalue weighted by Crippen LogP contribution is -2.47. The monoisotopic (exact) mass is 483 g/mol. The van der Waals surface area contributed by atoms with Gasteiger partial charge >= 0.3 is 0 Å². The van der Waals surface area contributed by atoms with Crippen LogP contribution < -0.4 is 0 Å². The van der Waals surface area contributed by atoms with Gasteiger partial charge in [-0.25, -0.2) is 12.8 Å². The number of aryl methyl sites for hydroxylation is 1. The van der Waals surface area contributed by atoms with Crippen LogP contribution in [0.4, 0.5) is 4.39 Å². The number of nitrogens with one attached hydrogen (secondary N) is 1. The Morgan fingerprint density at radius 3 is 2.56 bits per heavy atom. The minimum absolute atomic E-state index is 0.111. The number of hydrogen-bond donors (Lipinski definition) is 1. The molecule has 3 aromatic rings. The third kappa shape index (κ3) is 4.19. The summed E-state index contributed by atoms with van der Waals surface area (Å²) < 4.78 is 42.1. The molecule has 1 aromatic heterocycles. The van der Waals surface area contributed by atoms with Crippen LogP contribution in [0.3, 0.4) is 0 Å². The summed E-state index contributed by atoms with van der Waals surface area (Å²) in [5.41, 5.74) is 3.78. The molecular formula is C26H30FN3O3S. The van der Waals surface area contributed by atoms with E-state index in [1.54, 1.807) is 25.1 Å². The molecule has 0 amide bonds. The van der Waals surface area contributed by atoms with E-state index in [-0.39, 0.29) is 28.6 Å². The van der Waals surface area contributed by atoms with E-state index in [2.05, 4.69) is 23.7 Å². The zero-order chi connectivity index (χ0) is 24.3. The summed E-state index contributed by atoms with van der Waals surface area (Å²) in [6.45, 7) is 8.03. The number of ketones is 1. The fourth-order valence-corrected chi connectivity index (χ4v) is 7.02. The van der Waals surface area contributed by atoms with Crippen LogP contribution in [0.1, 0.15) is 53.9 Å². The first-order valence-electron chi connectivity index (χ1n) is 11.7. The van der Waals surface area contributed by atoms with E-state index in [0.29, 0.717) is 36.2 Å². The molecule has 2 aromatic carbocycles. The van der Waals surface area contributed by atoms with Crippen LogP contribution in [0.25, 0.3) is 10.9 Å². The van der Waals surface area contributed by atoms with Crippen LogP contribution in [0.2, 0.25) is 0 Å². The van der Waals surface area contributed by atoms with Crippen molar-refractivity contribution in [1.29, 1.82) is 0 Å². The molecule has 0 atom stereocenters. The summed E-state index contributed by atoms with van der Waals surface area (Å²) in [7, 11) is -3.73. The second-order valence-corrected chi connectivity index (χ2v) is 12.3. The lowest BCUT2D eigenvalue weighted by atomic mass is 9.76. The number of carbonyl (C=O) groups excluding carboxylic acids is 1. The summed E-state index contributed by atoms with van der Waals surface area (Å²) >= 11 is 0. The van der Waals surface area contributed by atoms with Gasteiger partial charge < -0.3 is 4.98 Å². The van der Waals surface area contributed by atoms with Gasteiger partial charge in [0.15, 0.2) is 5.78 Å². The number of nitrogens with zero attached hydrogens (tertiary/aromatic N) is 2. The molecule has 0 saturated carbocycles. The third-order valence-electron chi connectivity index (χ3n) is 6.92. The molecule has 2 heterocycles. The smallest absolute Gasteiger partial charge is 0.244 e. The highest BCUT2D eigenvalue weighted by atomic mass is 32.2. The standard InChI is InChI=1S/C26H30FN3O3S/c1-17-11-20-21(28-22-13-26(2,3)14-23(31)25(20)22)12-24(17)34(32,33)30-10-4-9-29(16-30)15-18-5-7-19(27)8-6-18/h5-8,11-12,28H,4,9-10,13-16H2,1-3H3. The van der Waals surface area contributed by atoms with Crippen molar-refractivity contribution in [2.24, 2.45) is 5.41 Å². The number of carbonyl (C=O) groups is 1. The van der Waals surface area contributed by atoms with Gasteiger partial charge in [-0.2, -0.15) is 4.31 Å². The van der Waals surface area contributed by atoms with Crippen molar-refractivity contribution in [2.75, 3.05) is 19.8 Å². The SMILES string of the molecule is Cc1cc2c3c([nH]c2cc1S(=O)(=O)N1CCCN(Cc2ccc(F)cc2)C1)CC(C)(C)CC3=O. The zero-order valence-electron chi connectivity index (χ0n) is 19.8. The molecule has 1 aliphatic heterocycles. The van der Waals surface area contributed by atoms with Crippen LogP contribution in [0.5, 0.6) is 0 Å². The Hall–Kier alpha value is -2.55. The molecule has 1 N–H and O–H groups in total. The van der Waals surface area contributed by atoms with Gasteiger partial charge in [0.2, 0.25) is 10.0 Å². The Kier molecular flexibility index (Phi) is 5.66.